The van der Waals surface area contributed by atoms with Gasteiger partial charge in [0.15, 0.2) is 11.6 Å². The molecule has 2 aromatic rings. The fourth-order valence-corrected chi connectivity index (χ4v) is 3.19. The lowest BCUT2D eigenvalue weighted by Gasteiger charge is -2.36. The van der Waals surface area contributed by atoms with E-state index in [-0.39, 0.29) is 17.6 Å². The maximum Gasteiger partial charge on any atom is 0.165 e. The predicted octanol–water partition coefficient (Wildman–Crippen LogP) is 2.75. The van der Waals surface area contributed by atoms with E-state index in [0.29, 0.717) is 19.8 Å². The average molecular weight is 319 g/mol. The number of halogens is 1. The van der Waals surface area contributed by atoms with E-state index in [1.165, 1.54) is 12.7 Å². The van der Waals surface area contributed by atoms with Crippen molar-refractivity contribution >= 4 is 0 Å². The molecular weight excluding hydrogens is 297 g/mol. The molecule has 1 unspecified atom stereocenters. The van der Waals surface area contributed by atoms with E-state index < -0.39 is 0 Å². The summed E-state index contributed by atoms with van der Waals surface area (Å²) in [5.41, 5.74) is 4.15. The lowest BCUT2D eigenvalue weighted by molar-refractivity contribution is -0.0132. The Kier molecular flexibility index (Phi) is 4.63. The molecular formula is C17H22FN3O2. The van der Waals surface area contributed by atoms with Crippen LogP contribution in [0.2, 0.25) is 0 Å². The quantitative estimate of drug-likeness (QED) is 0.941. The van der Waals surface area contributed by atoms with Crippen molar-refractivity contribution in [2.75, 3.05) is 26.9 Å². The first-order chi connectivity index (χ1) is 11.1. The number of hydrogen-bond acceptors (Lipinski definition) is 4. The number of hydrogen-bond donors (Lipinski definition) is 1. The third-order valence-electron chi connectivity index (χ3n) is 4.36. The molecule has 6 heteroatoms. The number of methoxy groups -OCH3 is 1. The zero-order valence-electron chi connectivity index (χ0n) is 13.7. The third kappa shape index (κ3) is 3.23. The van der Waals surface area contributed by atoms with Crippen molar-refractivity contribution < 1.29 is 13.9 Å². The van der Waals surface area contributed by atoms with Crippen LogP contribution in [0.15, 0.2) is 18.2 Å². The van der Waals surface area contributed by atoms with E-state index in [1.807, 2.05) is 19.9 Å². The lowest BCUT2D eigenvalue weighted by Crippen LogP contribution is -2.39. The normalized spacial score (nSPS) is 19.0. The second kappa shape index (κ2) is 6.68. The Balaban J connectivity index is 1.83. The van der Waals surface area contributed by atoms with Gasteiger partial charge in [-0.3, -0.25) is 10.00 Å². The summed E-state index contributed by atoms with van der Waals surface area (Å²) in [7, 11) is 1.47. The minimum Gasteiger partial charge on any atom is -0.494 e. The summed E-state index contributed by atoms with van der Waals surface area (Å²) in [6.45, 7) is 6.81. The van der Waals surface area contributed by atoms with Gasteiger partial charge < -0.3 is 9.47 Å². The lowest BCUT2D eigenvalue weighted by atomic mass is 10.0. The van der Waals surface area contributed by atoms with Gasteiger partial charge in [0.25, 0.3) is 0 Å². The predicted molar refractivity (Wildman–Crippen MR) is 85.0 cm³/mol. The molecule has 3 rings (SSSR count). The van der Waals surface area contributed by atoms with Gasteiger partial charge >= 0.3 is 0 Å². The molecule has 0 amide bonds. The van der Waals surface area contributed by atoms with Gasteiger partial charge in [0.2, 0.25) is 0 Å². The van der Waals surface area contributed by atoms with E-state index in [9.17, 15) is 4.39 Å². The highest BCUT2D eigenvalue weighted by atomic mass is 19.1. The van der Waals surface area contributed by atoms with Crippen LogP contribution in [0.3, 0.4) is 0 Å². The summed E-state index contributed by atoms with van der Waals surface area (Å²) >= 11 is 0. The molecule has 5 nitrogen and oxygen atoms in total. The van der Waals surface area contributed by atoms with Crippen molar-refractivity contribution in [1.82, 2.24) is 15.1 Å². The second-order valence-corrected chi connectivity index (χ2v) is 5.88. The Hall–Kier alpha value is -1.92. The Morgan fingerprint density at radius 3 is 2.91 bits per heavy atom. The highest BCUT2D eigenvalue weighted by molar-refractivity contribution is 5.31. The molecule has 0 aliphatic carbocycles. The number of ether oxygens (including phenoxy) is 2. The van der Waals surface area contributed by atoms with Gasteiger partial charge in [-0.25, -0.2) is 4.39 Å². The molecule has 1 aromatic heterocycles. The number of aryl methyl sites for hydroxylation is 2. The van der Waals surface area contributed by atoms with Crippen molar-refractivity contribution in [2.24, 2.45) is 0 Å². The molecule has 124 valence electrons. The second-order valence-electron chi connectivity index (χ2n) is 5.88. The standard InChI is InChI=1S/C17H22FN3O2/c1-11-17(12(2)20-19-11)15-10-23-7-6-21(15)9-13-4-5-16(22-3)14(18)8-13/h4-5,8,15H,6-7,9-10H2,1-3H3,(H,19,20). The largest absolute Gasteiger partial charge is 0.494 e. The zero-order chi connectivity index (χ0) is 16.4. The van der Waals surface area contributed by atoms with Gasteiger partial charge in [-0.2, -0.15) is 5.10 Å². The molecule has 1 atom stereocenters. The minimum atomic E-state index is -0.328. The maximum atomic E-state index is 13.9. The Labute approximate surface area is 135 Å². The number of aromatic amines is 1. The molecule has 2 heterocycles. The summed E-state index contributed by atoms with van der Waals surface area (Å²) in [4.78, 5) is 2.32. The molecule has 1 fully saturated rings. The fraction of sp³-hybridized carbons (Fsp3) is 0.471. The van der Waals surface area contributed by atoms with Crippen molar-refractivity contribution in [3.8, 4) is 5.75 Å². The van der Waals surface area contributed by atoms with Crippen molar-refractivity contribution in [2.45, 2.75) is 26.4 Å². The molecule has 1 aliphatic rings. The van der Waals surface area contributed by atoms with E-state index in [4.69, 9.17) is 9.47 Å². The highest BCUT2D eigenvalue weighted by Gasteiger charge is 2.28. The van der Waals surface area contributed by atoms with Crippen molar-refractivity contribution in [3.05, 3.63) is 46.5 Å². The van der Waals surface area contributed by atoms with Gasteiger partial charge in [-0.05, 0) is 31.5 Å². The molecule has 0 bridgehead atoms. The SMILES string of the molecule is COc1ccc(CN2CCOCC2c2c(C)n[nH]c2C)cc1F. The number of rotatable bonds is 4. The molecule has 1 aliphatic heterocycles. The number of morpholine rings is 1. The first kappa shape index (κ1) is 16.0. The van der Waals surface area contributed by atoms with Gasteiger partial charge in [0, 0.05) is 24.3 Å². The Morgan fingerprint density at radius 2 is 2.26 bits per heavy atom. The van der Waals surface area contributed by atoms with Crippen LogP contribution in [0.4, 0.5) is 4.39 Å². The van der Waals surface area contributed by atoms with Crippen LogP contribution in [0.5, 0.6) is 5.75 Å². The van der Waals surface area contributed by atoms with Gasteiger partial charge in [0.1, 0.15) is 0 Å². The Morgan fingerprint density at radius 1 is 1.43 bits per heavy atom. The average Bonchev–Trinajstić information content (AvgIpc) is 2.87. The highest BCUT2D eigenvalue weighted by Crippen LogP contribution is 2.30. The first-order valence-electron chi connectivity index (χ1n) is 7.76. The van der Waals surface area contributed by atoms with Crippen molar-refractivity contribution in [3.63, 3.8) is 0 Å². The van der Waals surface area contributed by atoms with Gasteiger partial charge in [-0.15, -0.1) is 0 Å². The number of nitrogens with one attached hydrogen (secondary N) is 1. The number of nitrogens with zero attached hydrogens (tertiary/aromatic N) is 2. The number of aromatic nitrogens is 2. The van der Waals surface area contributed by atoms with E-state index >= 15 is 0 Å². The van der Waals surface area contributed by atoms with Gasteiger partial charge in [-0.1, -0.05) is 6.07 Å². The smallest absolute Gasteiger partial charge is 0.165 e. The summed E-state index contributed by atoms with van der Waals surface area (Å²) in [5, 5.41) is 7.32. The van der Waals surface area contributed by atoms with Crippen molar-refractivity contribution in [1.29, 1.82) is 0 Å². The number of H-pyrrole nitrogens is 1. The summed E-state index contributed by atoms with van der Waals surface area (Å²) < 4.78 is 24.6. The molecule has 1 aromatic carbocycles. The molecule has 0 saturated carbocycles. The molecule has 1 saturated heterocycles. The van der Waals surface area contributed by atoms with Crippen LogP contribution >= 0.6 is 0 Å². The molecule has 1 N–H and O–H groups in total. The zero-order valence-corrected chi connectivity index (χ0v) is 13.7. The topological polar surface area (TPSA) is 50.4 Å². The van der Waals surface area contributed by atoms with Crippen LogP contribution in [0.25, 0.3) is 0 Å². The van der Waals surface area contributed by atoms with E-state index in [2.05, 4.69) is 15.1 Å². The summed E-state index contributed by atoms with van der Waals surface area (Å²) in [5.74, 6) is -0.0562. The number of benzene rings is 1. The maximum absolute atomic E-state index is 13.9. The third-order valence-corrected chi connectivity index (χ3v) is 4.36. The summed E-state index contributed by atoms with van der Waals surface area (Å²) in [6.07, 6.45) is 0. The fourth-order valence-electron chi connectivity index (χ4n) is 3.19. The first-order valence-corrected chi connectivity index (χ1v) is 7.76. The molecule has 0 spiro atoms. The van der Waals surface area contributed by atoms with Crippen LogP contribution < -0.4 is 4.74 Å². The van der Waals surface area contributed by atoms with Crippen LogP contribution in [-0.4, -0.2) is 42.0 Å². The summed E-state index contributed by atoms with van der Waals surface area (Å²) in [6, 6.07) is 5.26. The molecule has 0 radical (unpaired) electrons. The monoisotopic (exact) mass is 319 g/mol. The van der Waals surface area contributed by atoms with E-state index in [0.717, 1.165) is 23.5 Å². The molecule has 23 heavy (non-hydrogen) atoms. The van der Waals surface area contributed by atoms with Gasteiger partial charge in [0.05, 0.1) is 32.1 Å². The minimum absolute atomic E-state index is 0.132. The van der Waals surface area contributed by atoms with Crippen LogP contribution in [0, 0.1) is 19.7 Å². The van der Waals surface area contributed by atoms with Crippen LogP contribution in [0.1, 0.15) is 28.6 Å². The van der Waals surface area contributed by atoms with Crippen LogP contribution in [-0.2, 0) is 11.3 Å². The van der Waals surface area contributed by atoms with E-state index in [1.54, 1.807) is 12.1 Å². The Bertz CT molecular complexity index is 667.